The zero-order chi connectivity index (χ0) is 16.9. The molecule has 5 heteroatoms. The van der Waals surface area contributed by atoms with Crippen LogP contribution in [-0.2, 0) is 9.53 Å². The van der Waals surface area contributed by atoms with Crippen molar-refractivity contribution in [1.29, 1.82) is 0 Å². The summed E-state index contributed by atoms with van der Waals surface area (Å²) in [4.78, 5) is 22.8. The van der Waals surface area contributed by atoms with Gasteiger partial charge in [-0.1, -0.05) is 50.1 Å². The quantitative estimate of drug-likeness (QED) is 0.372. The number of unbranched alkanes of at least 4 members (excludes halogenated alkanes) is 2. The molecule has 2 N–H and O–H groups in total. The lowest BCUT2D eigenvalue weighted by Crippen LogP contribution is -2.35. The molecular formula is C18H25NO4. The van der Waals surface area contributed by atoms with Crippen molar-refractivity contribution in [1.82, 2.24) is 5.32 Å². The van der Waals surface area contributed by atoms with Crippen molar-refractivity contribution in [2.24, 2.45) is 0 Å². The molecule has 126 valence electrons. The number of hydrogen-bond donors (Lipinski definition) is 2. The van der Waals surface area contributed by atoms with E-state index in [2.05, 4.69) is 12.2 Å². The number of carbonyl (C=O) groups is 2. The van der Waals surface area contributed by atoms with E-state index in [0.29, 0.717) is 18.5 Å². The van der Waals surface area contributed by atoms with Crippen molar-refractivity contribution in [3.63, 3.8) is 0 Å². The number of carbonyl (C=O) groups excluding carboxylic acids is 1. The number of carboxylic acid groups (broad SMARTS) is 1. The zero-order valence-corrected chi connectivity index (χ0v) is 13.5. The summed E-state index contributed by atoms with van der Waals surface area (Å²) in [5, 5.41) is 12.1. The number of nitrogens with one attached hydrogen (secondary N) is 1. The summed E-state index contributed by atoms with van der Waals surface area (Å²) in [6.07, 6.45) is 6.96. The predicted octanol–water partition coefficient (Wildman–Crippen LogP) is 3.02. The van der Waals surface area contributed by atoms with Gasteiger partial charge in [0.1, 0.15) is 6.04 Å². The number of aliphatic carboxylic acids is 1. The van der Waals surface area contributed by atoms with Crippen LogP contribution < -0.4 is 5.32 Å². The van der Waals surface area contributed by atoms with Gasteiger partial charge in [-0.3, -0.25) is 4.79 Å². The van der Waals surface area contributed by atoms with Crippen LogP contribution in [0.3, 0.4) is 0 Å². The molecule has 0 fully saturated rings. The summed E-state index contributed by atoms with van der Waals surface area (Å²) in [6.45, 7) is 3.01. The summed E-state index contributed by atoms with van der Waals surface area (Å²) in [5.74, 6) is -1.27. The Morgan fingerprint density at radius 1 is 1.26 bits per heavy atom. The molecule has 1 unspecified atom stereocenters. The second-order valence-corrected chi connectivity index (χ2v) is 5.20. The second-order valence-electron chi connectivity index (χ2n) is 5.20. The van der Waals surface area contributed by atoms with Crippen LogP contribution in [0.4, 0.5) is 0 Å². The molecule has 0 aliphatic rings. The van der Waals surface area contributed by atoms with E-state index in [1.807, 2.05) is 6.07 Å². The van der Waals surface area contributed by atoms with Crippen LogP contribution in [0.2, 0.25) is 0 Å². The van der Waals surface area contributed by atoms with E-state index in [1.165, 1.54) is 0 Å². The summed E-state index contributed by atoms with van der Waals surface area (Å²) in [5.41, 5.74) is 0.512. The fourth-order valence-corrected chi connectivity index (χ4v) is 1.98. The van der Waals surface area contributed by atoms with E-state index in [4.69, 9.17) is 9.84 Å². The highest BCUT2D eigenvalue weighted by Gasteiger charge is 2.11. The Kier molecular flexibility index (Phi) is 9.40. The Morgan fingerprint density at radius 3 is 2.65 bits per heavy atom. The lowest BCUT2D eigenvalue weighted by atomic mass is 10.2. The molecule has 5 nitrogen and oxygen atoms in total. The lowest BCUT2D eigenvalue weighted by Gasteiger charge is -2.10. The van der Waals surface area contributed by atoms with Gasteiger partial charge in [0.15, 0.2) is 0 Å². The van der Waals surface area contributed by atoms with Crippen molar-refractivity contribution in [3.05, 3.63) is 48.0 Å². The van der Waals surface area contributed by atoms with E-state index < -0.39 is 12.0 Å². The number of hydrogen-bond acceptors (Lipinski definition) is 4. The predicted molar refractivity (Wildman–Crippen MR) is 89.4 cm³/mol. The van der Waals surface area contributed by atoms with Crippen molar-refractivity contribution >= 4 is 11.9 Å². The normalized spacial score (nSPS) is 12.2. The third kappa shape index (κ3) is 8.16. The smallest absolute Gasteiger partial charge is 0.338 e. The van der Waals surface area contributed by atoms with Gasteiger partial charge in [0.05, 0.1) is 12.2 Å². The molecule has 0 saturated carbocycles. The van der Waals surface area contributed by atoms with Crippen LogP contribution in [0.15, 0.2) is 42.5 Å². The number of ether oxygens (including phenoxy) is 1. The maximum absolute atomic E-state index is 11.7. The molecule has 1 atom stereocenters. The third-order valence-corrected chi connectivity index (χ3v) is 3.27. The van der Waals surface area contributed by atoms with Crippen LogP contribution in [0.25, 0.3) is 0 Å². The van der Waals surface area contributed by atoms with Crippen molar-refractivity contribution in [3.8, 4) is 0 Å². The fourth-order valence-electron chi connectivity index (χ4n) is 1.98. The first kappa shape index (κ1) is 18.9. The molecule has 0 bridgehead atoms. The zero-order valence-electron chi connectivity index (χ0n) is 13.5. The highest BCUT2D eigenvalue weighted by atomic mass is 16.5. The van der Waals surface area contributed by atoms with Crippen LogP contribution in [0.1, 0.15) is 43.0 Å². The number of carboxylic acids is 1. The minimum absolute atomic E-state index is 0.229. The van der Waals surface area contributed by atoms with Crippen LogP contribution in [-0.4, -0.2) is 36.2 Å². The largest absolute Gasteiger partial charge is 0.480 e. The van der Waals surface area contributed by atoms with Gasteiger partial charge in [0.25, 0.3) is 0 Å². The van der Waals surface area contributed by atoms with E-state index in [9.17, 15) is 9.59 Å². The Hall–Kier alpha value is -2.14. The Morgan fingerprint density at radius 2 is 2.00 bits per heavy atom. The number of esters is 1. The monoisotopic (exact) mass is 319 g/mol. The second kappa shape index (κ2) is 11.4. The molecule has 0 heterocycles. The van der Waals surface area contributed by atoms with Crippen molar-refractivity contribution in [2.75, 3.05) is 13.2 Å². The molecule has 0 amide bonds. The average Bonchev–Trinajstić information content (AvgIpc) is 2.56. The molecule has 0 spiro atoms. The van der Waals surface area contributed by atoms with Crippen molar-refractivity contribution < 1.29 is 19.4 Å². The molecule has 1 rings (SSSR count). The van der Waals surface area contributed by atoms with Crippen molar-refractivity contribution in [2.45, 2.75) is 38.6 Å². The first-order chi connectivity index (χ1) is 11.1. The van der Waals surface area contributed by atoms with Gasteiger partial charge >= 0.3 is 11.9 Å². The molecule has 0 aliphatic carbocycles. The maximum atomic E-state index is 11.7. The lowest BCUT2D eigenvalue weighted by molar-refractivity contribution is -0.138. The minimum Gasteiger partial charge on any atom is -0.480 e. The van der Waals surface area contributed by atoms with E-state index in [1.54, 1.807) is 36.4 Å². The molecular weight excluding hydrogens is 294 g/mol. The highest BCUT2D eigenvalue weighted by molar-refractivity contribution is 5.89. The summed E-state index contributed by atoms with van der Waals surface area (Å²) >= 11 is 0. The molecule has 23 heavy (non-hydrogen) atoms. The van der Waals surface area contributed by atoms with Gasteiger partial charge in [0, 0.05) is 0 Å². The van der Waals surface area contributed by atoms with Gasteiger partial charge in [0.2, 0.25) is 0 Å². The first-order valence-electron chi connectivity index (χ1n) is 8.00. The van der Waals surface area contributed by atoms with Crippen LogP contribution in [0.5, 0.6) is 0 Å². The SMILES string of the molecule is CCCCCNC(/C=C\CCOC(=O)c1ccccc1)C(=O)O. The standard InChI is InChI=1S/C18H25NO4/c1-2-3-8-13-19-16(17(20)21)12-7-9-14-23-18(22)15-10-5-4-6-11-15/h4-7,10-12,16,19H,2-3,8-9,13-14H2,1H3,(H,20,21)/b12-7-. The average molecular weight is 319 g/mol. The first-order valence-corrected chi connectivity index (χ1v) is 8.00. The van der Waals surface area contributed by atoms with E-state index in [0.717, 1.165) is 19.3 Å². The fraction of sp³-hybridized carbons (Fsp3) is 0.444. The number of benzene rings is 1. The third-order valence-electron chi connectivity index (χ3n) is 3.27. The Balaban J connectivity index is 2.27. The number of rotatable bonds is 11. The summed E-state index contributed by atoms with van der Waals surface area (Å²) in [7, 11) is 0. The maximum Gasteiger partial charge on any atom is 0.338 e. The van der Waals surface area contributed by atoms with Gasteiger partial charge in [-0.05, 0) is 31.5 Å². The van der Waals surface area contributed by atoms with E-state index >= 15 is 0 Å². The molecule has 1 aromatic carbocycles. The summed E-state index contributed by atoms with van der Waals surface area (Å²) < 4.78 is 5.13. The van der Waals surface area contributed by atoms with Crippen LogP contribution in [0, 0.1) is 0 Å². The summed E-state index contributed by atoms with van der Waals surface area (Å²) in [6, 6.07) is 8.07. The molecule has 0 aliphatic heterocycles. The molecule has 0 radical (unpaired) electrons. The van der Waals surface area contributed by atoms with Gasteiger partial charge in [-0.15, -0.1) is 0 Å². The van der Waals surface area contributed by atoms with Gasteiger partial charge in [-0.2, -0.15) is 0 Å². The topological polar surface area (TPSA) is 75.6 Å². The Bertz CT molecular complexity index is 499. The van der Waals surface area contributed by atoms with Gasteiger partial charge in [-0.25, -0.2) is 4.79 Å². The van der Waals surface area contributed by atoms with Crippen LogP contribution >= 0.6 is 0 Å². The van der Waals surface area contributed by atoms with E-state index in [-0.39, 0.29) is 12.6 Å². The Labute approximate surface area is 137 Å². The minimum atomic E-state index is -0.904. The van der Waals surface area contributed by atoms with Gasteiger partial charge < -0.3 is 15.2 Å². The molecule has 0 saturated heterocycles. The molecule has 1 aromatic rings. The molecule has 0 aromatic heterocycles. The highest BCUT2D eigenvalue weighted by Crippen LogP contribution is 2.02.